The van der Waals surface area contributed by atoms with Crippen LogP contribution in [0.1, 0.15) is 105 Å². The number of carboxylic acids is 3. The number of H-pyrrole nitrogens is 1. The Labute approximate surface area is 435 Å². The van der Waals surface area contributed by atoms with Crippen molar-refractivity contribution in [2.45, 2.75) is 155 Å². The van der Waals surface area contributed by atoms with Crippen molar-refractivity contribution in [3.63, 3.8) is 0 Å². The molecule has 0 fully saturated rings. The highest BCUT2D eigenvalue weighted by Crippen LogP contribution is 2.21. The minimum absolute atomic E-state index is 0.0294. The summed E-state index contributed by atoms with van der Waals surface area (Å²) < 4.78 is 0. The molecule has 0 unspecified atom stereocenters. The molecule has 2 aromatic carbocycles. The minimum atomic E-state index is -1.59. The zero-order valence-electron chi connectivity index (χ0n) is 43.7. The van der Waals surface area contributed by atoms with Gasteiger partial charge in [0.2, 0.25) is 41.4 Å². The van der Waals surface area contributed by atoms with Crippen molar-refractivity contribution in [2.24, 2.45) is 29.4 Å². The lowest BCUT2D eigenvalue weighted by molar-refractivity contribution is -0.143. The second-order valence-corrected chi connectivity index (χ2v) is 19.8. The second-order valence-electron chi connectivity index (χ2n) is 19.8. The van der Waals surface area contributed by atoms with Crippen LogP contribution in [-0.4, -0.2) is 133 Å². The van der Waals surface area contributed by atoms with Crippen molar-refractivity contribution >= 4 is 70.2 Å². The summed E-state index contributed by atoms with van der Waals surface area (Å²) in [5, 5.41) is 57.8. The summed E-state index contributed by atoms with van der Waals surface area (Å²) in [6.07, 6.45) is 0.288. The number of nitrogens with one attached hydrogen (secondary N) is 8. The SMILES string of the molecule is CC[C@H](C)[C@H](NC(=O)[C@@H](NC(=O)[C@H](CCC(=O)O)NC(=O)[C@H](CC(C)C)NC(=O)[C@H](Cc1ccc(O)cc1)NC(=O)[C@@H](NC(=O)[C@@H](N)CC(=O)O)[C@@H](C)CC)C(C)C)C(=O)N[C@@H](Cc1c[nH]c2ccccc12)C(=O)O. The molecule has 0 aliphatic carbocycles. The van der Waals surface area contributed by atoms with E-state index in [1.807, 2.05) is 18.2 Å². The average molecular weight is 1050 g/mol. The number of rotatable bonds is 31. The molecule has 23 nitrogen and oxygen atoms in total. The summed E-state index contributed by atoms with van der Waals surface area (Å²) in [6, 6.07) is 1.73. The molecule has 14 N–H and O–H groups in total. The van der Waals surface area contributed by atoms with E-state index in [0.29, 0.717) is 24.0 Å². The van der Waals surface area contributed by atoms with Gasteiger partial charge < -0.3 is 68.4 Å². The molecule has 412 valence electrons. The summed E-state index contributed by atoms with van der Waals surface area (Å²) in [6.45, 7) is 13.5. The van der Waals surface area contributed by atoms with Crippen LogP contribution >= 0.6 is 0 Å². The fourth-order valence-electron chi connectivity index (χ4n) is 8.08. The topological polar surface area (TPSA) is 378 Å². The van der Waals surface area contributed by atoms with Crippen LogP contribution in [0.5, 0.6) is 5.75 Å². The molecule has 3 aromatic rings. The molecule has 0 bridgehead atoms. The predicted molar refractivity (Wildman–Crippen MR) is 275 cm³/mol. The molecule has 0 spiro atoms. The third-order valence-electron chi connectivity index (χ3n) is 12.9. The van der Waals surface area contributed by atoms with Gasteiger partial charge in [0.15, 0.2) is 0 Å². The molecule has 0 saturated heterocycles. The van der Waals surface area contributed by atoms with Crippen LogP contribution in [0.3, 0.4) is 0 Å². The first kappa shape index (κ1) is 61.7. The number of para-hydroxylation sites is 1. The predicted octanol–water partition coefficient (Wildman–Crippen LogP) is 1.60. The second kappa shape index (κ2) is 29.4. The van der Waals surface area contributed by atoms with E-state index >= 15 is 0 Å². The zero-order valence-corrected chi connectivity index (χ0v) is 43.7. The minimum Gasteiger partial charge on any atom is -0.508 e. The van der Waals surface area contributed by atoms with Gasteiger partial charge in [0.25, 0.3) is 0 Å². The Morgan fingerprint density at radius 3 is 1.59 bits per heavy atom. The molecular formula is C52H75N9O14. The molecule has 1 aromatic heterocycles. The van der Waals surface area contributed by atoms with E-state index in [1.165, 1.54) is 24.3 Å². The number of amides is 7. The molecule has 0 saturated carbocycles. The number of carboxylic acid groups (broad SMARTS) is 3. The number of nitrogens with two attached hydrogens (primary N) is 1. The fourth-order valence-corrected chi connectivity index (χ4v) is 8.08. The molecule has 75 heavy (non-hydrogen) atoms. The Morgan fingerprint density at radius 2 is 1.05 bits per heavy atom. The highest BCUT2D eigenvalue weighted by Gasteiger charge is 2.37. The summed E-state index contributed by atoms with van der Waals surface area (Å²) in [5.41, 5.74) is 7.65. The van der Waals surface area contributed by atoms with Crippen molar-refractivity contribution in [1.29, 1.82) is 0 Å². The van der Waals surface area contributed by atoms with Gasteiger partial charge in [-0.05, 0) is 65.8 Å². The summed E-state index contributed by atoms with van der Waals surface area (Å²) in [5.74, 6) is -12.2. The molecule has 7 amide bonds. The fraction of sp³-hybridized carbons (Fsp3) is 0.538. The molecule has 23 heteroatoms. The average Bonchev–Trinajstić information content (AvgIpc) is 3.76. The van der Waals surface area contributed by atoms with Crippen LogP contribution in [0, 0.1) is 23.7 Å². The van der Waals surface area contributed by atoms with Gasteiger partial charge in [-0.1, -0.05) is 98.6 Å². The molecular weight excluding hydrogens is 975 g/mol. The number of hydrogen-bond donors (Lipinski definition) is 13. The van der Waals surface area contributed by atoms with Crippen molar-refractivity contribution < 1.29 is 68.4 Å². The number of carbonyl (C=O) groups excluding carboxylic acids is 7. The van der Waals surface area contributed by atoms with Gasteiger partial charge >= 0.3 is 17.9 Å². The molecule has 0 aliphatic rings. The van der Waals surface area contributed by atoms with Gasteiger partial charge in [0.1, 0.15) is 48.0 Å². The maximum Gasteiger partial charge on any atom is 0.326 e. The van der Waals surface area contributed by atoms with Crippen LogP contribution in [0.15, 0.2) is 54.7 Å². The van der Waals surface area contributed by atoms with Gasteiger partial charge in [-0.3, -0.25) is 43.2 Å². The lowest BCUT2D eigenvalue weighted by Gasteiger charge is -2.30. The Balaban J connectivity index is 1.89. The summed E-state index contributed by atoms with van der Waals surface area (Å²) >= 11 is 0. The van der Waals surface area contributed by atoms with Gasteiger partial charge in [-0.15, -0.1) is 0 Å². The van der Waals surface area contributed by atoms with Gasteiger partial charge in [0.05, 0.1) is 12.5 Å². The zero-order chi connectivity index (χ0) is 56.3. The van der Waals surface area contributed by atoms with Crippen molar-refractivity contribution in [3.05, 3.63) is 65.9 Å². The van der Waals surface area contributed by atoms with Crippen LogP contribution in [0.25, 0.3) is 10.9 Å². The van der Waals surface area contributed by atoms with Crippen molar-refractivity contribution in [2.75, 3.05) is 0 Å². The van der Waals surface area contributed by atoms with Crippen molar-refractivity contribution in [1.82, 2.24) is 42.2 Å². The number of phenolic OH excluding ortho intramolecular Hbond substituents is 1. The number of aliphatic carboxylic acids is 3. The van der Waals surface area contributed by atoms with Crippen LogP contribution in [0.2, 0.25) is 0 Å². The molecule has 1 heterocycles. The Bertz CT molecular complexity index is 2480. The van der Waals surface area contributed by atoms with E-state index in [1.54, 1.807) is 67.7 Å². The number of phenols is 1. The van der Waals surface area contributed by atoms with Crippen LogP contribution in [0.4, 0.5) is 0 Å². The lowest BCUT2D eigenvalue weighted by Crippen LogP contribution is -2.62. The Hall–Kier alpha value is -7.56. The van der Waals surface area contributed by atoms with E-state index in [0.717, 1.165) is 10.9 Å². The number of carbonyl (C=O) groups is 10. The van der Waals surface area contributed by atoms with Crippen molar-refractivity contribution in [3.8, 4) is 5.75 Å². The number of aromatic amines is 1. The smallest absolute Gasteiger partial charge is 0.326 e. The molecule has 0 aliphatic heterocycles. The van der Waals surface area contributed by atoms with Crippen LogP contribution in [-0.2, 0) is 60.8 Å². The maximum atomic E-state index is 14.3. The first-order valence-corrected chi connectivity index (χ1v) is 25.1. The van der Waals surface area contributed by atoms with Gasteiger partial charge in [-0.2, -0.15) is 0 Å². The molecule has 10 atom stereocenters. The largest absolute Gasteiger partial charge is 0.508 e. The number of benzene rings is 2. The molecule has 3 rings (SSSR count). The summed E-state index contributed by atoms with van der Waals surface area (Å²) in [4.78, 5) is 136. The monoisotopic (exact) mass is 1050 g/mol. The van der Waals surface area contributed by atoms with Gasteiger partial charge in [0, 0.05) is 36.4 Å². The Kier molecular flexibility index (Phi) is 24.2. The lowest BCUT2D eigenvalue weighted by atomic mass is 9.95. The van der Waals surface area contributed by atoms with E-state index < -0.39 is 145 Å². The van der Waals surface area contributed by atoms with Gasteiger partial charge in [-0.25, -0.2) is 4.79 Å². The third-order valence-corrected chi connectivity index (χ3v) is 12.9. The normalized spacial score (nSPS) is 15.3. The van der Waals surface area contributed by atoms with E-state index in [2.05, 4.69) is 42.2 Å². The number of fused-ring (bicyclic) bond motifs is 1. The number of hydrogen-bond acceptors (Lipinski definition) is 12. The number of aromatic nitrogens is 1. The highest BCUT2D eigenvalue weighted by molar-refractivity contribution is 5.98. The first-order valence-electron chi connectivity index (χ1n) is 25.1. The third kappa shape index (κ3) is 19.3. The van der Waals surface area contributed by atoms with E-state index in [-0.39, 0.29) is 30.9 Å². The summed E-state index contributed by atoms with van der Waals surface area (Å²) in [7, 11) is 0. The molecule has 0 radical (unpaired) electrons. The number of aromatic hydroxyl groups is 1. The highest BCUT2D eigenvalue weighted by atomic mass is 16.4. The standard InChI is InChI=1S/C52H75N9O14/c1-9-28(7)43(60-45(67)34(53)24-41(65)66)50(72)57-38(22-30-15-17-32(62)18-16-30)48(70)56-37(21-26(3)4)47(69)55-36(19-20-40(63)64)46(68)59-42(27(5)6)49(71)61-44(29(8)10-2)51(73)58-39(52(74)75)23-31-25-54-35-14-12-11-13-33(31)35/h11-18,25-29,34,36-39,42-44,54,62H,9-10,19-24,53H2,1-8H3,(H,55,69)(H,56,70)(H,57,72)(H,58,73)(H,59,68)(H,60,67)(H,61,71)(H,63,64)(H,65,66)(H,74,75)/t28-,29-,34-,36-,37-,38-,39-,42-,43-,44-/m0/s1. The van der Waals surface area contributed by atoms with E-state index in [9.17, 15) is 63.3 Å². The van der Waals surface area contributed by atoms with E-state index in [4.69, 9.17) is 10.8 Å². The maximum absolute atomic E-state index is 14.3. The Morgan fingerprint density at radius 1 is 0.560 bits per heavy atom. The van der Waals surface area contributed by atoms with Crippen LogP contribution < -0.4 is 43.0 Å². The first-order chi connectivity index (χ1) is 35.3. The quantitative estimate of drug-likeness (QED) is 0.0435.